The number of carbonyl (C=O) groups is 1. The average Bonchev–Trinajstić information content (AvgIpc) is 3.07. The first-order valence-electron chi connectivity index (χ1n) is 7.13. The van der Waals surface area contributed by atoms with Crippen molar-refractivity contribution in [1.29, 1.82) is 0 Å². The Hall–Kier alpha value is -0.940. The minimum absolute atomic E-state index is 0.0273. The Morgan fingerprint density at radius 1 is 1.68 bits per heavy atom. The zero-order chi connectivity index (χ0) is 13.7. The number of nitrogens with one attached hydrogen (secondary N) is 2. The van der Waals surface area contributed by atoms with Crippen molar-refractivity contribution in [3.05, 3.63) is 16.1 Å². The zero-order valence-corrected chi connectivity index (χ0v) is 12.6. The van der Waals surface area contributed by atoms with Crippen molar-refractivity contribution in [3.63, 3.8) is 0 Å². The lowest BCUT2D eigenvalue weighted by molar-refractivity contribution is -0.122. The third kappa shape index (κ3) is 4.28. The largest absolute Gasteiger partial charge is 0.347 e. The molecule has 2 rings (SSSR count). The van der Waals surface area contributed by atoms with Crippen LogP contribution in [-0.2, 0) is 11.2 Å². The minimum atomic E-state index is 0.0273. The van der Waals surface area contributed by atoms with Crippen LogP contribution in [0.5, 0.6) is 0 Å². The lowest BCUT2D eigenvalue weighted by Gasteiger charge is -2.12. The van der Waals surface area contributed by atoms with Gasteiger partial charge in [-0.2, -0.15) is 0 Å². The van der Waals surface area contributed by atoms with Gasteiger partial charge in [-0.05, 0) is 45.2 Å². The minimum Gasteiger partial charge on any atom is -0.347 e. The van der Waals surface area contributed by atoms with Crippen LogP contribution in [0.3, 0.4) is 0 Å². The van der Waals surface area contributed by atoms with Gasteiger partial charge in [-0.15, -0.1) is 11.3 Å². The van der Waals surface area contributed by atoms with Gasteiger partial charge in [0, 0.05) is 17.5 Å². The number of nitrogens with zero attached hydrogens (tertiary/aromatic N) is 1. The summed E-state index contributed by atoms with van der Waals surface area (Å²) >= 11 is 1.69. The number of hydrogen-bond donors (Lipinski definition) is 2. The van der Waals surface area contributed by atoms with Crippen LogP contribution in [0.25, 0.3) is 0 Å². The molecule has 2 N–H and O–H groups in total. The van der Waals surface area contributed by atoms with E-state index < -0.39 is 0 Å². The molecule has 2 atom stereocenters. The second-order valence-electron chi connectivity index (χ2n) is 5.21. The summed E-state index contributed by atoms with van der Waals surface area (Å²) in [7, 11) is 0. The van der Waals surface area contributed by atoms with Crippen molar-refractivity contribution in [2.45, 2.75) is 45.6 Å². The summed E-state index contributed by atoms with van der Waals surface area (Å²) in [5.74, 6) is 0.820. The van der Waals surface area contributed by atoms with Crippen LogP contribution in [0, 0.1) is 5.92 Å². The molecular formula is C14H23N3OS. The summed E-state index contributed by atoms with van der Waals surface area (Å²) in [5, 5.41) is 7.39. The molecule has 1 aliphatic heterocycles. The van der Waals surface area contributed by atoms with E-state index in [1.807, 2.05) is 13.1 Å². The highest BCUT2D eigenvalue weighted by Crippen LogP contribution is 2.20. The standard InChI is InChI=1S/C14H23N3OS/c1-3-12-9-16-14(19-12)10(2)17-13(18)5-4-11-6-7-15-8-11/h9-11,15H,3-8H2,1-2H3,(H,17,18). The molecule has 2 unspecified atom stereocenters. The van der Waals surface area contributed by atoms with Gasteiger partial charge >= 0.3 is 0 Å². The van der Waals surface area contributed by atoms with E-state index in [9.17, 15) is 4.79 Å². The zero-order valence-electron chi connectivity index (χ0n) is 11.7. The van der Waals surface area contributed by atoms with E-state index in [0.717, 1.165) is 30.9 Å². The fraction of sp³-hybridized carbons (Fsp3) is 0.714. The molecule has 0 radical (unpaired) electrons. The molecule has 1 aromatic rings. The molecule has 1 fully saturated rings. The molecule has 0 bridgehead atoms. The maximum absolute atomic E-state index is 11.9. The van der Waals surface area contributed by atoms with Crippen molar-refractivity contribution in [2.75, 3.05) is 13.1 Å². The van der Waals surface area contributed by atoms with Crippen molar-refractivity contribution in [3.8, 4) is 0 Å². The average molecular weight is 281 g/mol. The number of aromatic nitrogens is 1. The van der Waals surface area contributed by atoms with Gasteiger partial charge in [0.2, 0.25) is 5.91 Å². The van der Waals surface area contributed by atoms with Crippen molar-refractivity contribution in [2.24, 2.45) is 5.92 Å². The van der Waals surface area contributed by atoms with Gasteiger partial charge in [0.05, 0.1) is 6.04 Å². The van der Waals surface area contributed by atoms with E-state index in [2.05, 4.69) is 22.5 Å². The first-order valence-corrected chi connectivity index (χ1v) is 7.95. The molecule has 1 saturated heterocycles. The fourth-order valence-corrected chi connectivity index (χ4v) is 3.22. The third-order valence-corrected chi connectivity index (χ3v) is 4.93. The Labute approximate surface area is 119 Å². The Morgan fingerprint density at radius 3 is 3.16 bits per heavy atom. The first kappa shape index (κ1) is 14.5. The van der Waals surface area contributed by atoms with Crippen LogP contribution >= 0.6 is 11.3 Å². The monoisotopic (exact) mass is 281 g/mol. The Balaban J connectivity index is 1.74. The number of thiazole rings is 1. The number of aryl methyl sites for hydroxylation is 1. The van der Waals surface area contributed by atoms with Gasteiger partial charge in [-0.1, -0.05) is 6.92 Å². The second-order valence-corrected chi connectivity index (χ2v) is 6.35. The lowest BCUT2D eigenvalue weighted by atomic mass is 10.0. The summed E-state index contributed by atoms with van der Waals surface area (Å²) < 4.78 is 0. The summed E-state index contributed by atoms with van der Waals surface area (Å²) in [4.78, 5) is 17.5. The van der Waals surface area contributed by atoms with E-state index in [1.54, 1.807) is 11.3 Å². The summed E-state index contributed by atoms with van der Waals surface area (Å²) in [6.07, 6.45) is 5.74. The van der Waals surface area contributed by atoms with Gasteiger partial charge in [0.15, 0.2) is 0 Å². The quantitative estimate of drug-likeness (QED) is 0.841. The smallest absolute Gasteiger partial charge is 0.220 e. The van der Waals surface area contributed by atoms with E-state index >= 15 is 0 Å². The molecule has 19 heavy (non-hydrogen) atoms. The van der Waals surface area contributed by atoms with Crippen LogP contribution in [-0.4, -0.2) is 24.0 Å². The molecule has 1 aliphatic rings. The molecular weight excluding hydrogens is 258 g/mol. The van der Waals surface area contributed by atoms with Gasteiger partial charge in [0.1, 0.15) is 5.01 Å². The highest BCUT2D eigenvalue weighted by atomic mass is 32.1. The lowest BCUT2D eigenvalue weighted by Crippen LogP contribution is -2.27. The highest BCUT2D eigenvalue weighted by molar-refractivity contribution is 7.11. The van der Waals surface area contributed by atoms with Crippen LogP contribution in [0.4, 0.5) is 0 Å². The van der Waals surface area contributed by atoms with E-state index in [0.29, 0.717) is 12.3 Å². The molecule has 1 aromatic heterocycles. The predicted molar refractivity (Wildman–Crippen MR) is 78.3 cm³/mol. The van der Waals surface area contributed by atoms with Crippen molar-refractivity contribution < 1.29 is 4.79 Å². The first-order chi connectivity index (χ1) is 9.19. The second kappa shape index (κ2) is 7.01. The molecule has 0 aromatic carbocycles. The maximum atomic E-state index is 11.9. The normalized spacial score (nSPS) is 20.4. The van der Waals surface area contributed by atoms with Gasteiger partial charge < -0.3 is 10.6 Å². The van der Waals surface area contributed by atoms with Crippen LogP contribution in [0.1, 0.15) is 49.0 Å². The van der Waals surface area contributed by atoms with E-state index in [4.69, 9.17) is 0 Å². The van der Waals surface area contributed by atoms with E-state index in [-0.39, 0.29) is 11.9 Å². The van der Waals surface area contributed by atoms with Crippen molar-refractivity contribution in [1.82, 2.24) is 15.6 Å². The number of rotatable bonds is 6. The maximum Gasteiger partial charge on any atom is 0.220 e. The fourth-order valence-electron chi connectivity index (χ4n) is 2.36. The van der Waals surface area contributed by atoms with Gasteiger partial charge in [-0.3, -0.25) is 4.79 Å². The molecule has 0 saturated carbocycles. The van der Waals surface area contributed by atoms with Crippen molar-refractivity contribution >= 4 is 17.2 Å². The van der Waals surface area contributed by atoms with Crippen LogP contribution in [0.15, 0.2) is 6.20 Å². The summed E-state index contributed by atoms with van der Waals surface area (Å²) in [6, 6.07) is 0.0273. The van der Waals surface area contributed by atoms with Crippen LogP contribution < -0.4 is 10.6 Å². The highest BCUT2D eigenvalue weighted by Gasteiger charge is 2.17. The van der Waals surface area contributed by atoms with E-state index in [1.165, 1.54) is 11.3 Å². The Kier molecular flexibility index (Phi) is 5.34. The SMILES string of the molecule is CCc1cnc(C(C)NC(=O)CCC2CCNC2)s1. The Morgan fingerprint density at radius 2 is 2.53 bits per heavy atom. The number of hydrogen-bond acceptors (Lipinski definition) is 4. The van der Waals surface area contributed by atoms with Crippen LogP contribution in [0.2, 0.25) is 0 Å². The Bertz CT molecular complexity index is 413. The predicted octanol–water partition coefficient (Wildman–Crippen LogP) is 2.27. The molecule has 0 spiro atoms. The molecule has 4 nitrogen and oxygen atoms in total. The molecule has 2 heterocycles. The molecule has 5 heteroatoms. The number of carbonyl (C=O) groups excluding carboxylic acids is 1. The number of amides is 1. The summed E-state index contributed by atoms with van der Waals surface area (Å²) in [6.45, 7) is 6.29. The molecule has 106 valence electrons. The third-order valence-electron chi connectivity index (χ3n) is 3.61. The molecule has 0 aliphatic carbocycles. The summed E-state index contributed by atoms with van der Waals surface area (Å²) in [5.41, 5.74) is 0. The van der Waals surface area contributed by atoms with Gasteiger partial charge in [-0.25, -0.2) is 4.98 Å². The van der Waals surface area contributed by atoms with Gasteiger partial charge in [0.25, 0.3) is 0 Å². The topological polar surface area (TPSA) is 54.0 Å². The molecule has 1 amide bonds.